The quantitative estimate of drug-likeness (QED) is 0.419. The molecule has 2 heterocycles. The van der Waals surface area contributed by atoms with Crippen molar-refractivity contribution in [2.75, 3.05) is 45.2 Å². The number of guanidine groups is 1. The summed E-state index contributed by atoms with van der Waals surface area (Å²) in [5.74, 6) is 2.72. The Morgan fingerprint density at radius 2 is 2.00 bits per heavy atom. The third-order valence-corrected chi connectivity index (χ3v) is 4.75. The highest BCUT2D eigenvalue weighted by Gasteiger charge is 2.33. The van der Waals surface area contributed by atoms with Crippen LogP contribution in [-0.2, 0) is 6.54 Å². The molecular formula is C17H29IN6. The van der Waals surface area contributed by atoms with Gasteiger partial charge in [-0.3, -0.25) is 4.99 Å². The Hall–Kier alpha value is -1.09. The molecule has 134 valence electrons. The lowest BCUT2D eigenvalue weighted by molar-refractivity contribution is 0.312. The van der Waals surface area contributed by atoms with Gasteiger partial charge in [0.15, 0.2) is 5.96 Å². The van der Waals surface area contributed by atoms with Gasteiger partial charge in [-0.15, -0.1) is 24.0 Å². The van der Waals surface area contributed by atoms with Crippen molar-refractivity contribution in [1.29, 1.82) is 0 Å². The van der Waals surface area contributed by atoms with Gasteiger partial charge in [-0.25, -0.2) is 4.98 Å². The van der Waals surface area contributed by atoms with Crippen LogP contribution in [-0.4, -0.2) is 62.2 Å². The number of likely N-dealkylation sites (N-methyl/N-ethyl adjacent to an activating group) is 1. The van der Waals surface area contributed by atoms with Crippen LogP contribution >= 0.6 is 24.0 Å². The van der Waals surface area contributed by atoms with E-state index in [1.807, 2.05) is 13.2 Å². The molecule has 1 saturated heterocycles. The number of nitrogens with zero attached hydrogens (tertiary/aromatic N) is 4. The van der Waals surface area contributed by atoms with Gasteiger partial charge in [-0.1, -0.05) is 13.0 Å². The topological polar surface area (TPSA) is 55.8 Å². The van der Waals surface area contributed by atoms with Crippen LogP contribution < -0.4 is 15.5 Å². The molecule has 24 heavy (non-hydrogen) atoms. The second kappa shape index (κ2) is 8.84. The molecule has 6 nitrogen and oxygen atoms in total. The van der Waals surface area contributed by atoms with E-state index in [9.17, 15) is 0 Å². The molecule has 1 aromatic rings. The molecule has 1 aliphatic heterocycles. The Labute approximate surface area is 162 Å². The van der Waals surface area contributed by atoms with Gasteiger partial charge in [-0.2, -0.15) is 0 Å². The van der Waals surface area contributed by atoms with Crippen molar-refractivity contribution in [1.82, 2.24) is 20.5 Å². The number of nitrogens with one attached hydrogen (secondary N) is 2. The number of piperazine rings is 1. The second-order valence-electron chi connectivity index (χ2n) is 6.70. The minimum atomic E-state index is 0. The Bertz CT molecular complexity index is 539. The molecular weight excluding hydrogens is 415 g/mol. The predicted molar refractivity (Wildman–Crippen MR) is 110 cm³/mol. The van der Waals surface area contributed by atoms with Crippen molar-refractivity contribution in [2.24, 2.45) is 10.9 Å². The highest BCUT2D eigenvalue weighted by atomic mass is 127. The smallest absolute Gasteiger partial charge is 0.191 e. The maximum atomic E-state index is 4.62. The van der Waals surface area contributed by atoms with Crippen LogP contribution in [0.2, 0.25) is 0 Å². The van der Waals surface area contributed by atoms with E-state index in [0.717, 1.165) is 50.4 Å². The lowest BCUT2D eigenvalue weighted by Gasteiger charge is -2.33. The van der Waals surface area contributed by atoms with Crippen LogP contribution in [0.3, 0.4) is 0 Å². The Morgan fingerprint density at radius 1 is 1.29 bits per heavy atom. The summed E-state index contributed by atoms with van der Waals surface area (Å²) in [7, 11) is 3.99. The zero-order valence-corrected chi connectivity index (χ0v) is 17.2. The van der Waals surface area contributed by atoms with Crippen LogP contribution in [0, 0.1) is 5.92 Å². The van der Waals surface area contributed by atoms with Crippen molar-refractivity contribution in [3.63, 3.8) is 0 Å². The molecule has 2 aliphatic rings. The monoisotopic (exact) mass is 444 g/mol. The first-order chi connectivity index (χ1) is 11.2. The summed E-state index contributed by atoms with van der Waals surface area (Å²) in [5, 5.41) is 6.79. The minimum Gasteiger partial charge on any atom is -0.354 e. The lowest BCUT2D eigenvalue weighted by Crippen LogP contribution is -2.44. The number of rotatable bonds is 4. The number of aromatic nitrogens is 1. The summed E-state index contributed by atoms with van der Waals surface area (Å²) in [4.78, 5) is 13.6. The van der Waals surface area contributed by atoms with Crippen LogP contribution in [0.5, 0.6) is 0 Å². The van der Waals surface area contributed by atoms with Crippen LogP contribution in [0.1, 0.15) is 18.9 Å². The van der Waals surface area contributed by atoms with E-state index < -0.39 is 0 Å². The van der Waals surface area contributed by atoms with E-state index >= 15 is 0 Å². The predicted octanol–water partition coefficient (Wildman–Crippen LogP) is 1.52. The Morgan fingerprint density at radius 3 is 2.54 bits per heavy atom. The highest BCUT2D eigenvalue weighted by Crippen LogP contribution is 2.28. The molecule has 3 rings (SSSR count). The lowest BCUT2D eigenvalue weighted by atomic mass is 10.2. The molecule has 0 amide bonds. The zero-order valence-electron chi connectivity index (χ0n) is 14.8. The number of hydrogen-bond donors (Lipinski definition) is 2. The number of pyridine rings is 1. The van der Waals surface area contributed by atoms with E-state index in [0.29, 0.717) is 6.04 Å². The fourth-order valence-corrected chi connectivity index (χ4v) is 2.82. The molecule has 2 N–H and O–H groups in total. The van der Waals surface area contributed by atoms with Crippen molar-refractivity contribution in [2.45, 2.75) is 25.9 Å². The largest absolute Gasteiger partial charge is 0.354 e. The van der Waals surface area contributed by atoms with Gasteiger partial charge in [0.05, 0.1) is 0 Å². The fraction of sp³-hybridized carbons (Fsp3) is 0.647. The van der Waals surface area contributed by atoms with Gasteiger partial charge in [0.1, 0.15) is 5.82 Å². The summed E-state index contributed by atoms with van der Waals surface area (Å²) in [5.41, 5.74) is 1.18. The Kier molecular flexibility index (Phi) is 7.09. The van der Waals surface area contributed by atoms with Crippen molar-refractivity contribution >= 4 is 35.8 Å². The van der Waals surface area contributed by atoms with Crippen LogP contribution in [0.15, 0.2) is 23.3 Å². The van der Waals surface area contributed by atoms with Crippen molar-refractivity contribution in [3.05, 3.63) is 23.9 Å². The van der Waals surface area contributed by atoms with Crippen molar-refractivity contribution in [3.8, 4) is 0 Å². The van der Waals surface area contributed by atoms with Crippen LogP contribution in [0.25, 0.3) is 0 Å². The molecule has 1 aromatic heterocycles. The molecule has 0 bridgehead atoms. The first kappa shape index (κ1) is 19.2. The summed E-state index contributed by atoms with van der Waals surface area (Å²) >= 11 is 0. The fourth-order valence-electron chi connectivity index (χ4n) is 2.82. The molecule has 1 saturated carbocycles. The van der Waals surface area contributed by atoms with E-state index in [1.165, 1.54) is 12.0 Å². The van der Waals surface area contributed by atoms with E-state index in [-0.39, 0.29) is 24.0 Å². The standard InChI is InChI=1S/C17H28N6.HI/c1-13-10-15(13)21-17(18-2)20-12-14-4-5-16(19-11-14)23-8-6-22(3)7-9-23;/h4-5,11,13,15H,6-10,12H2,1-3H3,(H2,18,20,21);1H. The summed E-state index contributed by atoms with van der Waals surface area (Å²) in [6.07, 6.45) is 3.20. The molecule has 1 aliphatic carbocycles. The SMILES string of the molecule is CN=C(NCc1ccc(N2CCN(C)CC2)nc1)NC1CC1C.I. The minimum absolute atomic E-state index is 0. The summed E-state index contributed by atoms with van der Waals surface area (Å²) in [6.45, 7) is 7.32. The first-order valence-electron chi connectivity index (χ1n) is 8.51. The van der Waals surface area contributed by atoms with Gasteiger partial charge in [0, 0.05) is 52.0 Å². The van der Waals surface area contributed by atoms with Gasteiger partial charge >= 0.3 is 0 Å². The number of hydrogen-bond acceptors (Lipinski definition) is 4. The van der Waals surface area contributed by atoms with Gasteiger partial charge < -0.3 is 20.4 Å². The first-order valence-corrected chi connectivity index (χ1v) is 8.51. The number of anilines is 1. The third-order valence-electron chi connectivity index (χ3n) is 4.75. The van der Waals surface area contributed by atoms with E-state index in [4.69, 9.17) is 0 Å². The van der Waals surface area contributed by atoms with Crippen LogP contribution in [0.4, 0.5) is 5.82 Å². The van der Waals surface area contributed by atoms with Gasteiger partial charge in [-0.05, 0) is 31.0 Å². The average molecular weight is 444 g/mol. The second-order valence-corrected chi connectivity index (χ2v) is 6.70. The molecule has 2 fully saturated rings. The maximum Gasteiger partial charge on any atom is 0.191 e. The zero-order chi connectivity index (χ0) is 16.2. The van der Waals surface area contributed by atoms with Gasteiger partial charge in [0.25, 0.3) is 0 Å². The van der Waals surface area contributed by atoms with Gasteiger partial charge in [0.2, 0.25) is 0 Å². The summed E-state index contributed by atoms with van der Waals surface area (Å²) < 4.78 is 0. The van der Waals surface area contributed by atoms with E-state index in [1.54, 1.807) is 0 Å². The Balaban J connectivity index is 0.00000208. The molecule has 7 heteroatoms. The average Bonchev–Trinajstić information content (AvgIpc) is 3.27. The van der Waals surface area contributed by atoms with Crippen molar-refractivity contribution < 1.29 is 0 Å². The maximum absolute atomic E-state index is 4.62. The normalized spacial score (nSPS) is 24.3. The molecule has 2 atom stereocenters. The third kappa shape index (κ3) is 5.20. The molecule has 0 aromatic carbocycles. The molecule has 2 unspecified atom stereocenters. The number of halogens is 1. The molecule has 0 radical (unpaired) electrons. The highest BCUT2D eigenvalue weighted by molar-refractivity contribution is 14.0. The van der Waals surface area contributed by atoms with E-state index in [2.05, 4.69) is 56.5 Å². The number of aliphatic imine (C=N–C) groups is 1. The summed E-state index contributed by atoms with van der Waals surface area (Å²) in [6, 6.07) is 4.86. The molecule has 0 spiro atoms.